The summed E-state index contributed by atoms with van der Waals surface area (Å²) in [6, 6.07) is 10.6. The number of hydrogen-bond acceptors (Lipinski definition) is 5. The molecule has 142 valence electrons. The lowest BCUT2D eigenvalue weighted by atomic mass is 10.1. The van der Waals surface area contributed by atoms with Gasteiger partial charge >= 0.3 is 0 Å². The summed E-state index contributed by atoms with van der Waals surface area (Å²) >= 11 is 7.27. The molecule has 0 unspecified atom stereocenters. The maximum absolute atomic E-state index is 13.0. The van der Waals surface area contributed by atoms with Gasteiger partial charge in [0.2, 0.25) is 0 Å². The first-order chi connectivity index (χ1) is 13.0. The van der Waals surface area contributed by atoms with Crippen LogP contribution in [-0.2, 0) is 20.1 Å². The van der Waals surface area contributed by atoms with Gasteiger partial charge < -0.3 is 9.15 Å². The van der Waals surface area contributed by atoms with Crippen molar-refractivity contribution in [3.8, 4) is 0 Å². The number of carbonyl (C=O) groups is 2. The van der Waals surface area contributed by atoms with Gasteiger partial charge in [0.15, 0.2) is 0 Å². The van der Waals surface area contributed by atoms with Crippen molar-refractivity contribution in [3.63, 3.8) is 0 Å². The van der Waals surface area contributed by atoms with Crippen molar-refractivity contribution in [2.24, 2.45) is 0 Å². The number of hydrogen-bond donors (Lipinski definition) is 0. The number of ether oxygens (including phenoxy) is 1. The second kappa shape index (κ2) is 8.78. The molecule has 0 N–H and O–H groups in total. The molecule has 1 aromatic carbocycles. The van der Waals surface area contributed by atoms with Crippen LogP contribution >= 0.6 is 23.4 Å². The predicted molar refractivity (Wildman–Crippen MR) is 106 cm³/mol. The minimum absolute atomic E-state index is 0.0364. The van der Waals surface area contributed by atoms with E-state index in [4.69, 9.17) is 20.8 Å². The van der Waals surface area contributed by atoms with Gasteiger partial charge in [0.05, 0.1) is 41.7 Å². The van der Waals surface area contributed by atoms with E-state index < -0.39 is 0 Å². The van der Waals surface area contributed by atoms with E-state index >= 15 is 0 Å². The van der Waals surface area contributed by atoms with Crippen molar-refractivity contribution in [3.05, 3.63) is 63.9 Å². The van der Waals surface area contributed by atoms with E-state index in [1.807, 2.05) is 19.9 Å². The number of halogens is 1. The highest BCUT2D eigenvalue weighted by Gasteiger charge is 2.39. The number of benzene rings is 1. The van der Waals surface area contributed by atoms with Crippen LogP contribution < -0.4 is 0 Å². The van der Waals surface area contributed by atoms with Crippen LogP contribution in [0.15, 0.2) is 52.0 Å². The van der Waals surface area contributed by atoms with Crippen LogP contribution in [0.3, 0.4) is 0 Å². The summed E-state index contributed by atoms with van der Waals surface area (Å²) in [4.78, 5) is 27.6. The van der Waals surface area contributed by atoms with Crippen molar-refractivity contribution in [1.82, 2.24) is 4.90 Å². The van der Waals surface area contributed by atoms with E-state index in [2.05, 4.69) is 0 Å². The number of nitrogens with zero attached hydrogens (tertiary/aromatic N) is 1. The molecule has 0 saturated carbocycles. The Balaban J connectivity index is 1.86. The van der Waals surface area contributed by atoms with Gasteiger partial charge in [0, 0.05) is 5.02 Å². The van der Waals surface area contributed by atoms with Crippen LogP contribution in [0.2, 0.25) is 5.02 Å². The van der Waals surface area contributed by atoms with E-state index in [1.165, 1.54) is 16.7 Å². The first-order valence-electron chi connectivity index (χ1n) is 8.60. The summed E-state index contributed by atoms with van der Waals surface area (Å²) in [5.74, 6) is 0.602. The maximum atomic E-state index is 13.0. The molecule has 7 heteroatoms. The zero-order chi connectivity index (χ0) is 19.4. The van der Waals surface area contributed by atoms with Gasteiger partial charge in [-0.2, -0.15) is 0 Å². The molecular formula is C20H20ClNO4S. The van der Waals surface area contributed by atoms with E-state index in [9.17, 15) is 9.59 Å². The Hall–Kier alpha value is -2.02. The zero-order valence-electron chi connectivity index (χ0n) is 15.1. The number of imide groups is 1. The Morgan fingerprint density at radius 3 is 2.52 bits per heavy atom. The summed E-state index contributed by atoms with van der Waals surface area (Å²) in [5.41, 5.74) is 1.07. The van der Waals surface area contributed by atoms with Crippen LogP contribution in [0.25, 0.3) is 5.57 Å². The van der Waals surface area contributed by atoms with Crippen molar-refractivity contribution >= 4 is 40.8 Å². The molecule has 0 radical (unpaired) electrons. The van der Waals surface area contributed by atoms with E-state index in [0.29, 0.717) is 33.4 Å². The predicted octanol–water partition coefficient (Wildman–Crippen LogP) is 4.37. The third-order valence-corrected chi connectivity index (χ3v) is 5.31. The van der Waals surface area contributed by atoms with Crippen LogP contribution in [0.5, 0.6) is 0 Å². The number of furan rings is 1. The highest BCUT2D eigenvalue weighted by molar-refractivity contribution is 8.03. The van der Waals surface area contributed by atoms with Gasteiger partial charge in [0.25, 0.3) is 11.8 Å². The van der Waals surface area contributed by atoms with Gasteiger partial charge in [0.1, 0.15) is 5.76 Å². The van der Waals surface area contributed by atoms with E-state index in [1.54, 1.807) is 36.6 Å². The standard InChI is InChI=1S/C20H20ClNO4S/c1-13(2)25-11-9-22-19(23)17(14-5-7-15(21)8-6-14)18(20(22)24)27-12-16-4-3-10-26-16/h3-8,10,13H,9,11-12H2,1-2H3. The van der Waals surface area contributed by atoms with Crippen LogP contribution in [-0.4, -0.2) is 36.0 Å². The second-order valence-electron chi connectivity index (χ2n) is 6.26. The fourth-order valence-electron chi connectivity index (χ4n) is 2.68. The van der Waals surface area contributed by atoms with Crippen LogP contribution in [0, 0.1) is 0 Å². The molecule has 1 aliphatic heterocycles. The summed E-state index contributed by atoms with van der Waals surface area (Å²) in [6.07, 6.45) is 1.62. The van der Waals surface area contributed by atoms with Crippen molar-refractivity contribution in [2.75, 3.05) is 13.2 Å². The van der Waals surface area contributed by atoms with Gasteiger partial charge in [-0.05, 0) is 43.7 Å². The fourth-order valence-corrected chi connectivity index (χ4v) is 3.84. The second-order valence-corrected chi connectivity index (χ2v) is 7.68. The molecule has 0 saturated heterocycles. The van der Waals surface area contributed by atoms with E-state index in [0.717, 1.165) is 5.76 Å². The number of thioether (sulfide) groups is 1. The fraction of sp³-hybridized carbons (Fsp3) is 0.300. The molecule has 0 bridgehead atoms. The number of carbonyl (C=O) groups excluding carboxylic acids is 2. The molecule has 27 heavy (non-hydrogen) atoms. The first kappa shape index (κ1) is 19.7. The Bertz CT molecular complexity index is 843. The minimum Gasteiger partial charge on any atom is -0.468 e. The molecule has 0 aliphatic carbocycles. The summed E-state index contributed by atoms with van der Waals surface area (Å²) < 4.78 is 10.8. The minimum atomic E-state index is -0.309. The van der Waals surface area contributed by atoms with Crippen LogP contribution in [0.4, 0.5) is 0 Å². The summed E-state index contributed by atoms with van der Waals surface area (Å²) in [7, 11) is 0. The molecule has 0 spiro atoms. The largest absolute Gasteiger partial charge is 0.468 e. The van der Waals surface area contributed by atoms with Gasteiger partial charge in [-0.1, -0.05) is 23.7 Å². The lowest BCUT2D eigenvalue weighted by molar-refractivity contribution is -0.137. The van der Waals surface area contributed by atoms with Crippen molar-refractivity contribution < 1.29 is 18.7 Å². The van der Waals surface area contributed by atoms with Crippen molar-refractivity contribution in [2.45, 2.75) is 25.7 Å². The third-order valence-electron chi connectivity index (χ3n) is 3.96. The molecular weight excluding hydrogens is 386 g/mol. The average molecular weight is 406 g/mol. The number of rotatable bonds is 8. The Labute approximate surface area is 167 Å². The Morgan fingerprint density at radius 2 is 1.89 bits per heavy atom. The molecule has 5 nitrogen and oxygen atoms in total. The van der Waals surface area contributed by atoms with E-state index in [-0.39, 0.29) is 24.5 Å². The first-order valence-corrected chi connectivity index (χ1v) is 9.97. The summed E-state index contributed by atoms with van der Waals surface area (Å²) in [6.45, 7) is 4.35. The zero-order valence-corrected chi connectivity index (χ0v) is 16.7. The smallest absolute Gasteiger partial charge is 0.268 e. The molecule has 1 aliphatic rings. The van der Waals surface area contributed by atoms with Crippen LogP contribution in [0.1, 0.15) is 25.2 Å². The Morgan fingerprint density at radius 1 is 1.15 bits per heavy atom. The topological polar surface area (TPSA) is 59.8 Å². The normalized spacial score (nSPS) is 14.7. The molecule has 0 atom stereocenters. The average Bonchev–Trinajstić information content (AvgIpc) is 3.22. The van der Waals surface area contributed by atoms with Gasteiger partial charge in [-0.3, -0.25) is 14.5 Å². The molecule has 2 heterocycles. The monoisotopic (exact) mass is 405 g/mol. The molecule has 1 aromatic heterocycles. The SMILES string of the molecule is CC(C)OCCN1C(=O)C(SCc2ccco2)=C(c2ccc(Cl)cc2)C1=O. The van der Waals surface area contributed by atoms with Crippen molar-refractivity contribution in [1.29, 1.82) is 0 Å². The third kappa shape index (κ3) is 4.64. The van der Waals surface area contributed by atoms with Gasteiger partial charge in [-0.25, -0.2) is 0 Å². The maximum Gasteiger partial charge on any atom is 0.268 e. The highest BCUT2D eigenvalue weighted by atomic mass is 35.5. The van der Waals surface area contributed by atoms with Gasteiger partial charge in [-0.15, -0.1) is 11.8 Å². The summed E-state index contributed by atoms with van der Waals surface area (Å²) in [5, 5.41) is 0.572. The molecule has 3 rings (SSSR count). The molecule has 2 aromatic rings. The molecule has 2 amide bonds. The molecule has 0 fully saturated rings. The lowest BCUT2D eigenvalue weighted by Crippen LogP contribution is -2.35. The quantitative estimate of drug-likeness (QED) is 0.610. The Kier molecular flexibility index (Phi) is 6.42. The lowest BCUT2D eigenvalue weighted by Gasteiger charge is -2.16. The highest BCUT2D eigenvalue weighted by Crippen LogP contribution is 2.37. The number of amides is 2.